The van der Waals surface area contributed by atoms with Crippen LogP contribution in [0.5, 0.6) is 0 Å². The van der Waals surface area contributed by atoms with Crippen molar-refractivity contribution < 1.29 is 15.0 Å². The summed E-state index contributed by atoms with van der Waals surface area (Å²) in [4.78, 5) is 14.3. The lowest BCUT2D eigenvalue weighted by Crippen LogP contribution is -1.95. The van der Waals surface area contributed by atoms with Crippen molar-refractivity contribution in [3.63, 3.8) is 0 Å². The van der Waals surface area contributed by atoms with E-state index < -0.39 is 5.97 Å². The minimum Gasteiger partial charge on any atom is -0.478 e. The number of rotatable bonds is 2. The molecule has 0 radical (unpaired) electrons. The zero-order valence-corrected chi connectivity index (χ0v) is 10.4. The first kappa shape index (κ1) is 13.9. The predicted molar refractivity (Wildman–Crippen MR) is 67.3 cm³/mol. The summed E-state index contributed by atoms with van der Waals surface area (Å²) in [5, 5.41) is 17.1. The van der Waals surface area contributed by atoms with Crippen molar-refractivity contribution in [2.24, 2.45) is 7.05 Å². The van der Waals surface area contributed by atoms with Crippen molar-refractivity contribution in [2.75, 3.05) is 0 Å². The number of carboxylic acid groups (broad SMARTS) is 1. The number of imidazole rings is 1. The van der Waals surface area contributed by atoms with E-state index in [0.717, 1.165) is 11.4 Å². The van der Waals surface area contributed by atoms with Crippen LogP contribution < -0.4 is 0 Å². The third-order valence-corrected chi connectivity index (χ3v) is 2.45. The van der Waals surface area contributed by atoms with Crippen LogP contribution in [0.2, 0.25) is 0 Å². The van der Waals surface area contributed by atoms with E-state index in [9.17, 15) is 4.79 Å². The number of hydrogen-bond acceptors (Lipinski definition) is 3. The van der Waals surface area contributed by atoms with Gasteiger partial charge >= 0.3 is 5.97 Å². The number of aryl methyl sites for hydroxylation is 2. The highest BCUT2D eigenvalue weighted by Gasteiger charge is 1.99. The average molecular weight is 248 g/mol. The van der Waals surface area contributed by atoms with Gasteiger partial charge in [0, 0.05) is 19.4 Å². The molecule has 0 fully saturated rings. The number of nitrogens with zero attached hydrogens (tertiary/aromatic N) is 2. The Bertz CT molecular complexity index is 487. The van der Waals surface area contributed by atoms with E-state index in [0.29, 0.717) is 0 Å². The van der Waals surface area contributed by atoms with E-state index in [-0.39, 0.29) is 12.2 Å². The fourth-order valence-corrected chi connectivity index (χ4v) is 1.19. The molecule has 0 saturated carbocycles. The van der Waals surface area contributed by atoms with Crippen molar-refractivity contribution in [3.05, 3.63) is 53.6 Å². The van der Waals surface area contributed by atoms with E-state index in [2.05, 4.69) is 4.98 Å². The predicted octanol–water partition coefficient (Wildman–Crippen LogP) is 1.61. The Balaban J connectivity index is 0.000000199. The summed E-state index contributed by atoms with van der Waals surface area (Å²) in [5.41, 5.74) is 0.956. The van der Waals surface area contributed by atoms with Crippen molar-refractivity contribution >= 4 is 5.97 Å². The van der Waals surface area contributed by atoms with E-state index in [1.807, 2.05) is 24.7 Å². The van der Waals surface area contributed by atoms with Crippen LogP contribution in [0.1, 0.15) is 21.7 Å². The number of benzene rings is 1. The smallest absolute Gasteiger partial charge is 0.335 e. The lowest BCUT2D eigenvalue weighted by Gasteiger charge is -1.95. The van der Waals surface area contributed by atoms with Gasteiger partial charge < -0.3 is 14.8 Å². The van der Waals surface area contributed by atoms with Gasteiger partial charge in [-0.05, 0) is 24.6 Å². The normalized spacial score (nSPS) is 9.50. The van der Waals surface area contributed by atoms with Gasteiger partial charge in [-0.3, -0.25) is 0 Å². The van der Waals surface area contributed by atoms with Crippen molar-refractivity contribution in [3.8, 4) is 0 Å². The van der Waals surface area contributed by atoms with Crippen LogP contribution in [-0.2, 0) is 13.7 Å². The van der Waals surface area contributed by atoms with Crippen LogP contribution >= 0.6 is 0 Å². The van der Waals surface area contributed by atoms with Crippen LogP contribution in [0.15, 0.2) is 36.7 Å². The Morgan fingerprint density at radius 3 is 2.22 bits per heavy atom. The molecule has 0 amide bonds. The topological polar surface area (TPSA) is 75.4 Å². The summed E-state index contributed by atoms with van der Waals surface area (Å²) in [7, 11) is 1.97. The van der Waals surface area contributed by atoms with Crippen LogP contribution in [0.25, 0.3) is 0 Å². The van der Waals surface area contributed by atoms with Gasteiger partial charge in [-0.25, -0.2) is 9.78 Å². The van der Waals surface area contributed by atoms with Crippen molar-refractivity contribution in [1.82, 2.24) is 9.55 Å². The first-order chi connectivity index (χ1) is 8.54. The van der Waals surface area contributed by atoms with Crippen LogP contribution in [0.3, 0.4) is 0 Å². The zero-order chi connectivity index (χ0) is 13.5. The molecule has 5 nitrogen and oxygen atoms in total. The Hall–Kier alpha value is -2.14. The number of hydrogen-bond donors (Lipinski definition) is 2. The zero-order valence-electron chi connectivity index (χ0n) is 10.4. The molecular formula is C13H16N2O3. The first-order valence-corrected chi connectivity index (χ1v) is 5.41. The van der Waals surface area contributed by atoms with Crippen molar-refractivity contribution in [2.45, 2.75) is 13.5 Å². The highest BCUT2D eigenvalue weighted by atomic mass is 16.4. The SMILES string of the molecule is Cc1nccn1C.O=C(O)c1ccc(CO)cc1. The summed E-state index contributed by atoms with van der Waals surface area (Å²) in [6, 6.07) is 6.11. The number of carbonyl (C=O) groups is 1. The van der Waals surface area contributed by atoms with E-state index >= 15 is 0 Å². The molecule has 1 heterocycles. The number of aromatic nitrogens is 2. The minimum atomic E-state index is -0.950. The second-order valence-electron chi connectivity index (χ2n) is 3.75. The molecule has 0 saturated heterocycles. The Morgan fingerprint density at radius 2 is 1.94 bits per heavy atom. The minimum absolute atomic E-state index is 0.0557. The molecule has 96 valence electrons. The van der Waals surface area contributed by atoms with Gasteiger partial charge in [-0.2, -0.15) is 0 Å². The summed E-state index contributed by atoms with van der Waals surface area (Å²) in [5.74, 6) is 0.106. The molecule has 1 aromatic heterocycles. The summed E-state index contributed by atoms with van der Waals surface area (Å²) in [6.45, 7) is 1.92. The van der Waals surface area contributed by atoms with E-state index in [1.54, 1.807) is 18.3 Å². The lowest BCUT2D eigenvalue weighted by atomic mass is 10.1. The second kappa shape index (κ2) is 6.56. The van der Waals surface area contributed by atoms with Crippen molar-refractivity contribution in [1.29, 1.82) is 0 Å². The standard InChI is InChI=1S/C8H8O3.C5H8N2/c9-5-6-1-3-7(4-2-6)8(10)11;1-5-6-3-4-7(5)2/h1-4,9H,5H2,(H,10,11);3-4H,1-2H3. The Morgan fingerprint density at radius 1 is 1.33 bits per heavy atom. The van der Waals surface area contributed by atoms with Crippen LogP contribution in [-0.4, -0.2) is 25.7 Å². The quantitative estimate of drug-likeness (QED) is 0.846. The largest absolute Gasteiger partial charge is 0.478 e. The molecule has 0 aliphatic heterocycles. The van der Waals surface area contributed by atoms with E-state index in [4.69, 9.17) is 10.2 Å². The van der Waals surface area contributed by atoms with E-state index in [1.165, 1.54) is 12.1 Å². The third-order valence-electron chi connectivity index (χ3n) is 2.45. The number of aliphatic hydroxyl groups is 1. The molecule has 0 spiro atoms. The fraction of sp³-hybridized carbons (Fsp3) is 0.231. The number of carboxylic acids is 1. The molecule has 2 aromatic rings. The summed E-state index contributed by atoms with van der Waals surface area (Å²) in [6.07, 6.45) is 3.71. The lowest BCUT2D eigenvalue weighted by molar-refractivity contribution is 0.0697. The molecule has 2 rings (SSSR count). The number of aliphatic hydroxyl groups excluding tert-OH is 1. The molecule has 2 N–H and O–H groups in total. The molecular weight excluding hydrogens is 232 g/mol. The molecule has 1 aromatic carbocycles. The van der Waals surface area contributed by atoms with Gasteiger partial charge in [-0.1, -0.05) is 12.1 Å². The van der Waals surface area contributed by atoms with Crippen LogP contribution in [0.4, 0.5) is 0 Å². The molecule has 0 aliphatic carbocycles. The van der Waals surface area contributed by atoms with Gasteiger partial charge in [0.15, 0.2) is 0 Å². The molecule has 5 heteroatoms. The van der Waals surface area contributed by atoms with Gasteiger partial charge in [0.2, 0.25) is 0 Å². The second-order valence-corrected chi connectivity index (χ2v) is 3.75. The fourth-order valence-electron chi connectivity index (χ4n) is 1.19. The average Bonchev–Trinajstić information content (AvgIpc) is 2.74. The van der Waals surface area contributed by atoms with Gasteiger partial charge in [0.25, 0.3) is 0 Å². The Kier molecular flexibility index (Phi) is 5.07. The molecule has 0 bridgehead atoms. The van der Waals surface area contributed by atoms with Gasteiger partial charge in [0.05, 0.1) is 12.2 Å². The van der Waals surface area contributed by atoms with Gasteiger partial charge in [-0.15, -0.1) is 0 Å². The third kappa shape index (κ3) is 4.03. The molecule has 18 heavy (non-hydrogen) atoms. The summed E-state index contributed by atoms with van der Waals surface area (Å²) < 4.78 is 1.97. The Labute approximate surface area is 105 Å². The van der Waals surface area contributed by atoms with Gasteiger partial charge in [0.1, 0.15) is 5.82 Å². The molecule has 0 unspecified atom stereocenters. The molecule has 0 aliphatic rings. The highest BCUT2D eigenvalue weighted by molar-refractivity contribution is 5.87. The van der Waals surface area contributed by atoms with Crippen LogP contribution in [0, 0.1) is 6.92 Å². The molecule has 0 atom stereocenters. The highest BCUT2D eigenvalue weighted by Crippen LogP contribution is 2.03. The maximum Gasteiger partial charge on any atom is 0.335 e. The maximum absolute atomic E-state index is 10.3. The maximum atomic E-state index is 10.3. The number of aromatic carboxylic acids is 1. The monoisotopic (exact) mass is 248 g/mol. The summed E-state index contributed by atoms with van der Waals surface area (Å²) >= 11 is 0. The first-order valence-electron chi connectivity index (χ1n) is 5.41.